The van der Waals surface area contributed by atoms with E-state index in [9.17, 15) is 18.0 Å². The molecular weight excluding hydrogens is 416 g/mol. The molecule has 0 aliphatic rings. The van der Waals surface area contributed by atoms with Gasteiger partial charge in [-0.3, -0.25) is 4.79 Å². The van der Waals surface area contributed by atoms with Crippen LogP contribution in [0.15, 0.2) is 53.4 Å². The maximum Gasteiger partial charge on any atom is 0.338 e. The van der Waals surface area contributed by atoms with Crippen molar-refractivity contribution in [2.45, 2.75) is 32.6 Å². The van der Waals surface area contributed by atoms with Crippen LogP contribution in [-0.2, 0) is 14.8 Å². The summed E-state index contributed by atoms with van der Waals surface area (Å²) in [4.78, 5) is 24.9. The number of carbonyl (C=O) groups is 2. The molecule has 0 unspecified atom stereocenters. The van der Waals surface area contributed by atoms with Crippen molar-refractivity contribution in [3.05, 3.63) is 82.2 Å². The zero-order valence-corrected chi connectivity index (χ0v) is 18.6. The van der Waals surface area contributed by atoms with Gasteiger partial charge in [0.1, 0.15) is 0 Å². The molecule has 3 aromatic rings. The number of nitrogens with two attached hydrogens (primary N) is 1. The predicted molar refractivity (Wildman–Crippen MR) is 117 cm³/mol. The molecule has 0 fully saturated rings. The number of nitrogens with zero attached hydrogens (tertiary/aromatic N) is 1. The lowest BCUT2D eigenvalue weighted by atomic mass is 10.1. The van der Waals surface area contributed by atoms with Crippen LogP contribution >= 0.6 is 0 Å². The second kappa shape index (κ2) is 8.49. The van der Waals surface area contributed by atoms with Crippen molar-refractivity contribution in [3.63, 3.8) is 0 Å². The Balaban J connectivity index is 1.78. The third kappa shape index (κ3) is 4.76. The lowest BCUT2D eigenvalue weighted by molar-refractivity contribution is 0.0474. The number of rotatable bonds is 6. The number of aromatic nitrogens is 1. The quantitative estimate of drug-likeness (QED) is 0.467. The van der Waals surface area contributed by atoms with Crippen molar-refractivity contribution in [1.29, 1.82) is 0 Å². The molecule has 0 saturated heterocycles. The number of primary sulfonamides is 1. The molecule has 0 amide bonds. The monoisotopic (exact) mass is 440 g/mol. The Hall–Kier alpha value is -3.23. The van der Waals surface area contributed by atoms with Gasteiger partial charge >= 0.3 is 5.97 Å². The second-order valence-electron chi connectivity index (χ2n) is 7.48. The molecule has 162 valence electrons. The minimum Gasteiger partial charge on any atom is -0.454 e. The van der Waals surface area contributed by atoms with Crippen LogP contribution in [0.5, 0.6) is 0 Å². The van der Waals surface area contributed by atoms with E-state index in [1.807, 2.05) is 49.6 Å². The number of Topliss-reactive ketones (excluding diaryl/α,β-unsaturated/α-hetero) is 1. The zero-order chi connectivity index (χ0) is 22.9. The van der Waals surface area contributed by atoms with Crippen molar-refractivity contribution in [2.75, 3.05) is 6.61 Å². The molecule has 0 radical (unpaired) electrons. The van der Waals surface area contributed by atoms with Crippen molar-refractivity contribution in [1.82, 2.24) is 4.57 Å². The number of ketones is 1. The standard InChI is InChI=1S/C23H24N2O5S/c1-14-5-9-19(10-6-14)25-16(3)11-20(17(25)4)21(26)13-30-23(27)18-8-7-15(2)22(12-18)31(24,28)29/h5-12H,13H2,1-4H3,(H2,24,28,29). The van der Waals surface area contributed by atoms with E-state index in [0.29, 0.717) is 11.1 Å². The lowest BCUT2D eigenvalue weighted by Gasteiger charge is -2.10. The van der Waals surface area contributed by atoms with E-state index in [2.05, 4.69) is 0 Å². The van der Waals surface area contributed by atoms with Gasteiger partial charge in [-0.05, 0) is 63.6 Å². The van der Waals surface area contributed by atoms with E-state index in [1.54, 1.807) is 13.0 Å². The van der Waals surface area contributed by atoms with Crippen molar-refractivity contribution in [2.24, 2.45) is 5.14 Å². The Morgan fingerprint density at radius 2 is 1.61 bits per heavy atom. The van der Waals surface area contributed by atoms with E-state index in [1.165, 1.54) is 12.1 Å². The van der Waals surface area contributed by atoms with Gasteiger partial charge in [0.25, 0.3) is 0 Å². The summed E-state index contributed by atoms with van der Waals surface area (Å²) in [6, 6.07) is 13.8. The highest BCUT2D eigenvalue weighted by molar-refractivity contribution is 7.89. The topological polar surface area (TPSA) is 108 Å². The van der Waals surface area contributed by atoms with Crippen molar-refractivity contribution < 1.29 is 22.7 Å². The number of ether oxygens (including phenoxy) is 1. The fourth-order valence-electron chi connectivity index (χ4n) is 3.46. The molecule has 2 N–H and O–H groups in total. The molecule has 0 atom stereocenters. The normalized spacial score (nSPS) is 11.4. The maximum atomic E-state index is 12.7. The maximum absolute atomic E-state index is 12.7. The Kier molecular flexibility index (Phi) is 6.15. The molecule has 0 spiro atoms. The minimum atomic E-state index is -3.98. The molecule has 2 aromatic carbocycles. The second-order valence-corrected chi connectivity index (χ2v) is 9.01. The molecular formula is C23H24N2O5S. The van der Waals surface area contributed by atoms with Gasteiger partial charge in [0.05, 0.1) is 10.5 Å². The van der Waals surface area contributed by atoms with Crippen LogP contribution in [0.25, 0.3) is 5.69 Å². The van der Waals surface area contributed by atoms with Crippen molar-refractivity contribution in [3.8, 4) is 5.69 Å². The number of benzene rings is 2. The molecule has 8 heteroatoms. The summed E-state index contributed by atoms with van der Waals surface area (Å²) in [5.74, 6) is -1.15. The van der Waals surface area contributed by atoms with Crippen LogP contribution < -0.4 is 5.14 Å². The average molecular weight is 441 g/mol. The number of esters is 1. The van der Waals surface area contributed by atoms with E-state index >= 15 is 0 Å². The first-order valence-corrected chi connectivity index (χ1v) is 11.1. The van der Waals surface area contributed by atoms with Gasteiger partial charge in [0, 0.05) is 22.6 Å². The number of hydrogen-bond donors (Lipinski definition) is 1. The smallest absolute Gasteiger partial charge is 0.338 e. The van der Waals surface area contributed by atoms with Gasteiger partial charge in [-0.1, -0.05) is 23.8 Å². The summed E-state index contributed by atoms with van der Waals surface area (Å²) in [6.45, 7) is 6.84. The number of aryl methyl sites for hydroxylation is 3. The first-order chi connectivity index (χ1) is 14.5. The van der Waals surface area contributed by atoms with Crippen LogP contribution in [-0.4, -0.2) is 31.3 Å². The third-order valence-electron chi connectivity index (χ3n) is 5.09. The molecule has 1 aromatic heterocycles. The van der Waals surface area contributed by atoms with Gasteiger partial charge in [-0.2, -0.15) is 0 Å². The Labute approximate surface area is 181 Å². The van der Waals surface area contributed by atoms with Gasteiger partial charge < -0.3 is 9.30 Å². The van der Waals surface area contributed by atoms with Gasteiger partial charge in [0.15, 0.2) is 6.61 Å². The van der Waals surface area contributed by atoms with E-state index in [-0.39, 0.29) is 16.2 Å². The molecule has 0 saturated carbocycles. The molecule has 1 heterocycles. The Bertz CT molecular complexity index is 1270. The van der Waals surface area contributed by atoms with Crippen LogP contribution in [0.2, 0.25) is 0 Å². The van der Waals surface area contributed by atoms with E-state index in [4.69, 9.17) is 9.88 Å². The molecule has 3 rings (SSSR count). The highest BCUT2D eigenvalue weighted by Crippen LogP contribution is 2.22. The molecule has 31 heavy (non-hydrogen) atoms. The predicted octanol–water partition coefficient (Wildman–Crippen LogP) is 3.40. The number of hydrogen-bond acceptors (Lipinski definition) is 5. The molecule has 7 nitrogen and oxygen atoms in total. The van der Waals surface area contributed by atoms with Crippen LogP contribution in [0.3, 0.4) is 0 Å². The fourth-order valence-corrected chi connectivity index (χ4v) is 4.27. The SMILES string of the molecule is Cc1ccc(-n2c(C)cc(C(=O)COC(=O)c3ccc(C)c(S(N)(=O)=O)c3)c2C)cc1. The summed E-state index contributed by atoms with van der Waals surface area (Å²) in [7, 11) is -3.98. The minimum absolute atomic E-state index is 0.00699. The Morgan fingerprint density at radius 3 is 2.23 bits per heavy atom. The largest absolute Gasteiger partial charge is 0.454 e. The molecule has 0 aliphatic heterocycles. The summed E-state index contributed by atoms with van der Waals surface area (Å²) < 4.78 is 30.4. The first kappa shape index (κ1) is 22.5. The average Bonchev–Trinajstić information content (AvgIpc) is 3.00. The zero-order valence-electron chi connectivity index (χ0n) is 17.8. The van der Waals surface area contributed by atoms with Gasteiger partial charge in [-0.25, -0.2) is 18.4 Å². The number of carbonyl (C=O) groups excluding carboxylic acids is 2. The Morgan fingerprint density at radius 1 is 0.968 bits per heavy atom. The van der Waals surface area contributed by atoms with E-state index < -0.39 is 22.6 Å². The van der Waals surface area contributed by atoms with E-state index in [0.717, 1.165) is 28.7 Å². The van der Waals surface area contributed by atoms with Crippen LogP contribution in [0.1, 0.15) is 43.2 Å². The third-order valence-corrected chi connectivity index (χ3v) is 6.14. The molecule has 0 aliphatic carbocycles. The van der Waals surface area contributed by atoms with Crippen LogP contribution in [0.4, 0.5) is 0 Å². The fraction of sp³-hybridized carbons (Fsp3) is 0.217. The molecule has 0 bridgehead atoms. The highest BCUT2D eigenvalue weighted by Gasteiger charge is 2.20. The summed E-state index contributed by atoms with van der Waals surface area (Å²) in [5, 5.41) is 5.18. The summed E-state index contributed by atoms with van der Waals surface area (Å²) in [5.41, 5.74) is 4.58. The van der Waals surface area contributed by atoms with Gasteiger partial charge in [0.2, 0.25) is 15.8 Å². The summed E-state index contributed by atoms with van der Waals surface area (Å²) >= 11 is 0. The number of sulfonamides is 1. The van der Waals surface area contributed by atoms with Gasteiger partial charge in [-0.15, -0.1) is 0 Å². The summed E-state index contributed by atoms with van der Waals surface area (Å²) in [6.07, 6.45) is 0. The lowest BCUT2D eigenvalue weighted by Crippen LogP contribution is -2.17. The first-order valence-electron chi connectivity index (χ1n) is 9.59. The van der Waals surface area contributed by atoms with Crippen LogP contribution in [0, 0.1) is 27.7 Å². The highest BCUT2D eigenvalue weighted by atomic mass is 32.2. The van der Waals surface area contributed by atoms with Crippen molar-refractivity contribution >= 4 is 21.8 Å².